The minimum atomic E-state index is -5.71. The number of alkyl halides is 6. The van der Waals surface area contributed by atoms with Crippen molar-refractivity contribution in [2.45, 2.75) is 32.4 Å². The molecule has 2 rings (SSSR count). The third-order valence-electron chi connectivity index (χ3n) is 4.56. The summed E-state index contributed by atoms with van der Waals surface area (Å²) in [7, 11) is 2.19. The molecule has 0 unspecified atom stereocenters. The van der Waals surface area contributed by atoms with Crippen molar-refractivity contribution in [3.05, 3.63) is 52.4 Å². The molecule has 12 heteroatoms. The minimum Gasteiger partial charge on any atom is -0.466 e. The lowest BCUT2D eigenvalue weighted by Crippen LogP contribution is -2.48. The molecule has 1 aromatic rings. The normalized spacial score (nSPS) is 15.5. The fourth-order valence-corrected chi connectivity index (χ4v) is 3.34. The first-order valence-corrected chi connectivity index (χ1v) is 8.63. The zero-order valence-electron chi connectivity index (χ0n) is 16.7. The quantitative estimate of drug-likeness (QED) is 0.421. The standard InChI is InChI=1S/C19H18F6N2O4/c1-9-13(16(28)30-3)15(14(10(2)26-9)17(29)31-4)11-5-7-12(8-6-11)27(18(20,21)22)19(23,24)25/h5-8,15,26H,1-4H3. The van der Waals surface area contributed by atoms with Gasteiger partial charge in [0.25, 0.3) is 0 Å². The molecule has 1 heterocycles. The highest BCUT2D eigenvalue weighted by molar-refractivity contribution is 5.99. The van der Waals surface area contributed by atoms with E-state index in [1.165, 1.54) is 13.8 Å². The van der Waals surface area contributed by atoms with E-state index in [-0.39, 0.29) is 16.7 Å². The van der Waals surface area contributed by atoms with Crippen molar-refractivity contribution in [2.24, 2.45) is 0 Å². The summed E-state index contributed by atoms with van der Waals surface area (Å²) in [5.41, 5.74) is -0.557. The van der Waals surface area contributed by atoms with Crippen molar-refractivity contribution in [3.8, 4) is 0 Å². The zero-order valence-corrected chi connectivity index (χ0v) is 16.7. The van der Waals surface area contributed by atoms with Gasteiger partial charge in [-0.3, -0.25) is 0 Å². The monoisotopic (exact) mass is 452 g/mol. The number of hydrogen-bond donors (Lipinski definition) is 1. The minimum absolute atomic E-state index is 0.0373. The van der Waals surface area contributed by atoms with Crippen molar-refractivity contribution >= 4 is 17.6 Å². The van der Waals surface area contributed by atoms with Crippen LogP contribution in [0.25, 0.3) is 0 Å². The summed E-state index contributed by atoms with van der Waals surface area (Å²) < 4.78 is 87.2. The number of benzene rings is 1. The predicted octanol–water partition coefficient (Wildman–Crippen LogP) is 4.11. The van der Waals surface area contributed by atoms with Gasteiger partial charge in [-0.1, -0.05) is 12.1 Å². The Hall–Kier alpha value is -3.18. The third kappa shape index (κ3) is 4.78. The Labute approximate surface area is 173 Å². The molecule has 1 aromatic carbocycles. The van der Waals surface area contributed by atoms with Gasteiger partial charge < -0.3 is 14.8 Å². The maximum Gasteiger partial charge on any atom is 0.491 e. The molecule has 1 N–H and O–H groups in total. The van der Waals surface area contributed by atoms with Gasteiger partial charge in [-0.25, -0.2) is 9.59 Å². The van der Waals surface area contributed by atoms with E-state index in [2.05, 4.69) is 5.32 Å². The summed E-state index contributed by atoms with van der Waals surface area (Å²) in [5.74, 6) is -2.80. The molecule has 0 radical (unpaired) electrons. The SMILES string of the molecule is COC(=O)C1=C(C)NC(C)=C(C(=O)OC)C1c1ccc(N(C(F)(F)F)C(F)(F)F)cc1. The molecule has 0 atom stereocenters. The van der Waals surface area contributed by atoms with Crippen LogP contribution in [0.2, 0.25) is 0 Å². The number of rotatable bonds is 4. The average molecular weight is 452 g/mol. The molecule has 0 bridgehead atoms. The number of methoxy groups -OCH3 is 2. The van der Waals surface area contributed by atoms with E-state index in [1.54, 1.807) is 0 Å². The zero-order chi connectivity index (χ0) is 23.7. The van der Waals surface area contributed by atoms with Gasteiger partial charge in [0.1, 0.15) is 0 Å². The Morgan fingerprint density at radius 1 is 0.839 bits per heavy atom. The van der Waals surface area contributed by atoms with E-state index >= 15 is 0 Å². The summed E-state index contributed by atoms with van der Waals surface area (Å²) in [6.45, 7) is 3.03. The lowest BCUT2D eigenvalue weighted by atomic mass is 9.80. The molecular formula is C19H18F6N2O4. The molecular weight excluding hydrogens is 434 g/mol. The predicted molar refractivity (Wildman–Crippen MR) is 96.3 cm³/mol. The van der Waals surface area contributed by atoms with Crippen LogP contribution < -0.4 is 10.2 Å². The van der Waals surface area contributed by atoms with Gasteiger partial charge in [0.2, 0.25) is 0 Å². The van der Waals surface area contributed by atoms with Crippen LogP contribution in [0.5, 0.6) is 0 Å². The largest absolute Gasteiger partial charge is 0.491 e. The molecule has 170 valence electrons. The number of carbonyl (C=O) groups is 2. The molecule has 0 aromatic heterocycles. The summed E-state index contributed by atoms with van der Waals surface area (Å²) in [6.07, 6.45) is -11.4. The maximum atomic E-state index is 12.9. The number of hydrogen-bond acceptors (Lipinski definition) is 6. The third-order valence-corrected chi connectivity index (χ3v) is 4.56. The van der Waals surface area contributed by atoms with Crippen LogP contribution in [-0.2, 0) is 19.1 Å². The summed E-state index contributed by atoms with van der Waals surface area (Å²) >= 11 is 0. The highest BCUT2D eigenvalue weighted by atomic mass is 19.4. The van der Waals surface area contributed by atoms with Crippen LogP contribution in [-0.4, -0.2) is 38.8 Å². The second-order valence-electron chi connectivity index (χ2n) is 6.48. The summed E-state index contributed by atoms with van der Waals surface area (Å²) in [4.78, 5) is 23.1. The van der Waals surface area contributed by atoms with E-state index in [4.69, 9.17) is 9.47 Å². The lowest BCUT2D eigenvalue weighted by molar-refractivity contribution is -0.226. The van der Waals surface area contributed by atoms with Gasteiger partial charge >= 0.3 is 24.5 Å². The number of anilines is 1. The van der Waals surface area contributed by atoms with Crippen molar-refractivity contribution in [1.29, 1.82) is 0 Å². The Kier molecular flexibility index (Phi) is 6.62. The molecule has 1 aliphatic rings. The molecule has 6 nitrogen and oxygen atoms in total. The van der Waals surface area contributed by atoms with Crippen molar-refractivity contribution in [3.63, 3.8) is 0 Å². The van der Waals surface area contributed by atoms with Crippen LogP contribution in [0.4, 0.5) is 32.0 Å². The second kappa shape index (κ2) is 8.52. The number of nitrogens with one attached hydrogen (secondary N) is 1. The average Bonchev–Trinajstić information content (AvgIpc) is 2.64. The number of ether oxygens (including phenoxy) is 2. The van der Waals surface area contributed by atoms with Gasteiger partial charge in [-0.15, -0.1) is 26.3 Å². The number of allylic oxidation sites excluding steroid dienone is 2. The molecule has 0 aliphatic carbocycles. The Morgan fingerprint density at radius 2 is 1.23 bits per heavy atom. The van der Waals surface area contributed by atoms with E-state index in [0.717, 1.165) is 26.4 Å². The van der Waals surface area contributed by atoms with E-state index in [1.807, 2.05) is 0 Å². The summed E-state index contributed by atoms with van der Waals surface area (Å²) in [5, 5.41) is 2.83. The highest BCUT2D eigenvalue weighted by Crippen LogP contribution is 2.42. The van der Waals surface area contributed by atoms with E-state index in [0.29, 0.717) is 23.5 Å². The molecule has 0 amide bonds. The topological polar surface area (TPSA) is 67.9 Å². The number of nitrogens with zero attached hydrogens (tertiary/aromatic N) is 1. The first kappa shape index (κ1) is 24.1. The maximum absolute atomic E-state index is 12.9. The Morgan fingerprint density at radius 3 is 1.55 bits per heavy atom. The van der Waals surface area contributed by atoms with Gasteiger partial charge in [0.15, 0.2) is 0 Å². The highest BCUT2D eigenvalue weighted by Gasteiger charge is 2.54. The van der Waals surface area contributed by atoms with Crippen LogP contribution in [0.1, 0.15) is 25.3 Å². The molecule has 0 fully saturated rings. The van der Waals surface area contributed by atoms with Gasteiger partial charge in [-0.05, 0) is 31.5 Å². The van der Waals surface area contributed by atoms with Crippen LogP contribution >= 0.6 is 0 Å². The molecule has 1 aliphatic heterocycles. The second-order valence-corrected chi connectivity index (χ2v) is 6.48. The Bertz CT molecular complexity index is 880. The van der Waals surface area contributed by atoms with Crippen LogP contribution in [0.3, 0.4) is 0 Å². The van der Waals surface area contributed by atoms with Crippen LogP contribution in [0.15, 0.2) is 46.8 Å². The van der Waals surface area contributed by atoms with Crippen molar-refractivity contribution in [1.82, 2.24) is 5.32 Å². The lowest BCUT2D eigenvalue weighted by Gasteiger charge is -2.31. The Balaban J connectivity index is 2.65. The van der Waals surface area contributed by atoms with Gasteiger partial charge in [0.05, 0.1) is 37.0 Å². The number of esters is 2. The number of dihydropyridines is 1. The van der Waals surface area contributed by atoms with Crippen molar-refractivity contribution < 1.29 is 45.4 Å². The van der Waals surface area contributed by atoms with E-state index < -0.39 is 41.0 Å². The van der Waals surface area contributed by atoms with Gasteiger partial charge in [0, 0.05) is 11.4 Å². The number of halogens is 6. The fourth-order valence-electron chi connectivity index (χ4n) is 3.34. The van der Waals surface area contributed by atoms with Crippen molar-refractivity contribution in [2.75, 3.05) is 19.1 Å². The smallest absolute Gasteiger partial charge is 0.466 e. The molecule has 31 heavy (non-hydrogen) atoms. The molecule has 0 saturated heterocycles. The van der Waals surface area contributed by atoms with Gasteiger partial charge in [-0.2, -0.15) is 4.90 Å². The first-order chi connectivity index (χ1) is 14.2. The molecule has 0 spiro atoms. The fraction of sp³-hybridized carbons (Fsp3) is 0.368. The van der Waals surface area contributed by atoms with Crippen LogP contribution in [0, 0.1) is 0 Å². The molecule has 0 saturated carbocycles. The first-order valence-electron chi connectivity index (χ1n) is 8.63. The summed E-state index contributed by atoms with van der Waals surface area (Å²) in [6, 6.07) is 3.16. The number of carbonyl (C=O) groups excluding carboxylic acids is 2. The van der Waals surface area contributed by atoms with E-state index in [9.17, 15) is 35.9 Å².